The van der Waals surface area contributed by atoms with E-state index in [9.17, 15) is 9.90 Å². The Balaban J connectivity index is 1.62. The Hall–Kier alpha value is -1.66. The van der Waals surface area contributed by atoms with Gasteiger partial charge >= 0.3 is 0 Å². The van der Waals surface area contributed by atoms with Crippen LogP contribution < -0.4 is 10.2 Å². The van der Waals surface area contributed by atoms with Crippen LogP contribution >= 0.6 is 27.7 Å². The van der Waals surface area contributed by atoms with Crippen molar-refractivity contribution in [2.45, 2.75) is 13.5 Å². The third kappa shape index (κ3) is 4.50. The number of rotatable bonds is 4. The van der Waals surface area contributed by atoms with Gasteiger partial charge in [-0.05, 0) is 58.2 Å². The number of aryl methyl sites for hydroxylation is 1. The number of hydrogen-bond donors (Lipinski definition) is 2. The Bertz CT molecular complexity index is 759. The number of phenols is 1. The monoisotopic (exact) mass is 420 g/mol. The maximum atomic E-state index is 12.4. The maximum absolute atomic E-state index is 12.4. The standard InChI is InChI=1S/C19H21BrN2O2S/c1-13-10-16(18(23)17(20)11-13)19(24)21-12-14-2-4-15(5-3-14)22-6-8-25-9-7-22/h2-5,10-11,23H,6-9,12H2,1H3,(H,21,24). The number of carbonyl (C=O) groups is 1. The summed E-state index contributed by atoms with van der Waals surface area (Å²) in [6.07, 6.45) is 0. The Morgan fingerprint density at radius 2 is 1.92 bits per heavy atom. The largest absolute Gasteiger partial charge is 0.506 e. The summed E-state index contributed by atoms with van der Waals surface area (Å²) in [5.41, 5.74) is 3.47. The fraction of sp³-hybridized carbons (Fsp3) is 0.316. The molecule has 6 heteroatoms. The molecule has 132 valence electrons. The van der Waals surface area contributed by atoms with Crippen molar-refractivity contribution in [3.05, 3.63) is 57.6 Å². The second kappa shape index (κ2) is 8.15. The molecule has 1 heterocycles. The molecule has 0 radical (unpaired) electrons. The lowest BCUT2D eigenvalue weighted by atomic mass is 10.1. The number of halogens is 1. The molecule has 2 aromatic rings. The third-order valence-electron chi connectivity index (χ3n) is 4.22. The number of aromatic hydroxyl groups is 1. The lowest BCUT2D eigenvalue weighted by molar-refractivity contribution is 0.0948. The number of benzene rings is 2. The minimum absolute atomic E-state index is 0.0265. The first-order chi connectivity index (χ1) is 12.0. The van der Waals surface area contributed by atoms with E-state index in [1.165, 1.54) is 17.2 Å². The lowest BCUT2D eigenvalue weighted by Gasteiger charge is -2.28. The zero-order valence-corrected chi connectivity index (χ0v) is 16.5. The summed E-state index contributed by atoms with van der Waals surface area (Å²) in [6.45, 7) is 4.49. The Morgan fingerprint density at radius 3 is 2.60 bits per heavy atom. The van der Waals surface area contributed by atoms with Crippen molar-refractivity contribution < 1.29 is 9.90 Å². The van der Waals surface area contributed by atoms with Crippen molar-refractivity contribution in [2.75, 3.05) is 29.5 Å². The van der Waals surface area contributed by atoms with Crippen LogP contribution in [-0.4, -0.2) is 35.6 Å². The number of hydrogen-bond acceptors (Lipinski definition) is 4. The molecule has 0 aliphatic carbocycles. The molecule has 2 N–H and O–H groups in total. The molecule has 0 saturated carbocycles. The molecule has 0 spiro atoms. The Morgan fingerprint density at radius 1 is 1.24 bits per heavy atom. The van der Waals surface area contributed by atoms with E-state index in [1.807, 2.05) is 30.8 Å². The molecule has 0 bridgehead atoms. The number of carbonyl (C=O) groups excluding carboxylic acids is 1. The number of phenolic OH excluding ortho intramolecular Hbond substituents is 1. The van der Waals surface area contributed by atoms with Crippen molar-refractivity contribution in [1.29, 1.82) is 0 Å². The number of nitrogens with zero attached hydrogens (tertiary/aromatic N) is 1. The number of thioether (sulfide) groups is 1. The fourth-order valence-electron chi connectivity index (χ4n) is 2.83. The van der Waals surface area contributed by atoms with E-state index in [0.29, 0.717) is 11.0 Å². The second-order valence-electron chi connectivity index (χ2n) is 6.09. The van der Waals surface area contributed by atoms with Gasteiger partial charge in [-0.1, -0.05) is 12.1 Å². The van der Waals surface area contributed by atoms with Crippen LogP contribution in [0.5, 0.6) is 5.75 Å². The summed E-state index contributed by atoms with van der Waals surface area (Å²) in [6, 6.07) is 11.8. The normalized spacial score (nSPS) is 14.4. The number of amides is 1. The van der Waals surface area contributed by atoms with Crippen LogP contribution in [0, 0.1) is 6.92 Å². The topological polar surface area (TPSA) is 52.6 Å². The molecule has 25 heavy (non-hydrogen) atoms. The molecule has 0 aromatic heterocycles. The predicted octanol–water partition coefficient (Wildman–Crippen LogP) is 3.95. The van der Waals surface area contributed by atoms with Gasteiger partial charge in [0.1, 0.15) is 5.75 Å². The summed E-state index contributed by atoms with van der Waals surface area (Å²) in [5.74, 6) is 2.04. The van der Waals surface area contributed by atoms with Crippen LogP contribution in [0.3, 0.4) is 0 Å². The highest BCUT2D eigenvalue weighted by Gasteiger charge is 2.15. The highest BCUT2D eigenvalue weighted by molar-refractivity contribution is 9.10. The van der Waals surface area contributed by atoms with Crippen LogP contribution in [0.4, 0.5) is 5.69 Å². The quantitative estimate of drug-likeness (QED) is 0.785. The maximum Gasteiger partial charge on any atom is 0.255 e. The highest BCUT2D eigenvalue weighted by atomic mass is 79.9. The summed E-state index contributed by atoms with van der Waals surface area (Å²) >= 11 is 5.27. The highest BCUT2D eigenvalue weighted by Crippen LogP contribution is 2.29. The molecule has 0 atom stereocenters. The van der Waals surface area contributed by atoms with Crippen molar-refractivity contribution in [1.82, 2.24) is 5.32 Å². The van der Waals surface area contributed by atoms with E-state index < -0.39 is 0 Å². The van der Waals surface area contributed by atoms with E-state index in [1.54, 1.807) is 12.1 Å². The van der Waals surface area contributed by atoms with Crippen molar-refractivity contribution in [3.63, 3.8) is 0 Å². The van der Waals surface area contributed by atoms with Crippen molar-refractivity contribution >= 4 is 39.3 Å². The van der Waals surface area contributed by atoms with E-state index in [0.717, 1.165) is 24.2 Å². The number of nitrogens with one attached hydrogen (secondary N) is 1. The van der Waals surface area contributed by atoms with E-state index in [2.05, 4.69) is 38.3 Å². The first-order valence-electron chi connectivity index (χ1n) is 8.23. The van der Waals surface area contributed by atoms with Gasteiger partial charge in [-0.2, -0.15) is 11.8 Å². The molecule has 1 aliphatic rings. The molecule has 1 amide bonds. The van der Waals surface area contributed by atoms with Crippen LogP contribution in [0.2, 0.25) is 0 Å². The van der Waals surface area contributed by atoms with Crippen LogP contribution in [0.25, 0.3) is 0 Å². The van der Waals surface area contributed by atoms with Gasteiger partial charge in [-0.25, -0.2) is 0 Å². The molecule has 1 fully saturated rings. The summed E-state index contributed by atoms with van der Waals surface area (Å²) < 4.78 is 0.529. The van der Waals surface area contributed by atoms with Gasteiger partial charge in [0.05, 0.1) is 10.0 Å². The SMILES string of the molecule is Cc1cc(Br)c(O)c(C(=O)NCc2ccc(N3CCSCC3)cc2)c1. The van der Waals surface area contributed by atoms with Crippen molar-refractivity contribution in [2.24, 2.45) is 0 Å². The average molecular weight is 421 g/mol. The van der Waals surface area contributed by atoms with Gasteiger partial charge in [0.25, 0.3) is 5.91 Å². The molecule has 0 unspecified atom stereocenters. The van der Waals surface area contributed by atoms with Crippen molar-refractivity contribution in [3.8, 4) is 5.75 Å². The minimum Gasteiger partial charge on any atom is -0.506 e. The van der Waals surface area contributed by atoms with Gasteiger partial charge in [-0.3, -0.25) is 4.79 Å². The zero-order valence-electron chi connectivity index (χ0n) is 14.1. The smallest absolute Gasteiger partial charge is 0.255 e. The summed E-state index contributed by atoms with van der Waals surface area (Å²) in [7, 11) is 0. The molecule has 1 aliphatic heterocycles. The van der Waals surface area contributed by atoms with E-state index >= 15 is 0 Å². The van der Waals surface area contributed by atoms with Crippen LogP contribution in [0.1, 0.15) is 21.5 Å². The van der Waals surface area contributed by atoms with E-state index in [4.69, 9.17) is 0 Å². The summed E-state index contributed by atoms with van der Waals surface area (Å²) in [5, 5.41) is 12.9. The van der Waals surface area contributed by atoms with Gasteiger partial charge in [0.2, 0.25) is 0 Å². The zero-order chi connectivity index (χ0) is 17.8. The summed E-state index contributed by atoms with van der Waals surface area (Å²) in [4.78, 5) is 14.7. The molecular weight excluding hydrogens is 400 g/mol. The van der Waals surface area contributed by atoms with E-state index in [-0.39, 0.29) is 17.2 Å². The molecule has 2 aromatic carbocycles. The second-order valence-corrected chi connectivity index (χ2v) is 8.17. The Kier molecular flexibility index (Phi) is 5.91. The van der Waals surface area contributed by atoms with Gasteiger partial charge < -0.3 is 15.3 Å². The average Bonchev–Trinajstić information content (AvgIpc) is 2.64. The third-order valence-corrected chi connectivity index (χ3v) is 5.76. The fourth-order valence-corrected chi connectivity index (χ4v) is 4.31. The first kappa shape index (κ1) is 18.1. The number of anilines is 1. The molecule has 1 saturated heterocycles. The van der Waals surface area contributed by atoms with Crippen LogP contribution in [0.15, 0.2) is 40.9 Å². The first-order valence-corrected chi connectivity index (χ1v) is 10.2. The molecular formula is C19H21BrN2O2S. The lowest BCUT2D eigenvalue weighted by Crippen LogP contribution is -2.32. The molecule has 4 nitrogen and oxygen atoms in total. The van der Waals surface area contributed by atoms with Gasteiger partial charge in [0, 0.05) is 36.8 Å². The Labute approximate surface area is 160 Å². The minimum atomic E-state index is -0.279. The van der Waals surface area contributed by atoms with Gasteiger partial charge in [-0.15, -0.1) is 0 Å². The predicted molar refractivity (Wildman–Crippen MR) is 108 cm³/mol. The van der Waals surface area contributed by atoms with Crippen LogP contribution in [-0.2, 0) is 6.54 Å². The van der Waals surface area contributed by atoms with Gasteiger partial charge in [0.15, 0.2) is 0 Å². The molecule has 3 rings (SSSR count).